The van der Waals surface area contributed by atoms with Gasteiger partial charge in [-0.05, 0) is 49.7 Å². The van der Waals surface area contributed by atoms with E-state index < -0.39 is 10.0 Å². The van der Waals surface area contributed by atoms with E-state index in [2.05, 4.69) is 24.5 Å². The summed E-state index contributed by atoms with van der Waals surface area (Å²) in [4.78, 5) is 22.2. The average molecular weight is 430 g/mol. The monoisotopic (exact) mass is 429 g/mol. The third-order valence-electron chi connectivity index (χ3n) is 5.49. The summed E-state index contributed by atoms with van der Waals surface area (Å²) in [6, 6.07) is 12.8. The zero-order valence-electron chi connectivity index (χ0n) is 17.0. The number of piperazine rings is 1. The normalized spacial score (nSPS) is 15.7. The van der Waals surface area contributed by atoms with Crippen molar-refractivity contribution in [3.05, 3.63) is 58.5 Å². The lowest BCUT2D eigenvalue weighted by atomic mass is 10.2. The predicted molar refractivity (Wildman–Crippen MR) is 119 cm³/mol. The second-order valence-electron chi connectivity index (χ2n) is 7.68. The molecule has 8 nitrogen and oxygen atoms in total. The first kappa shape index (κ1) is 20.6. The summed E-state index contributed by atoms with van der Waals surface area (Å²) in [6.45, 7) is 6.66. The number of imidazole rings is 1. The molecule has 4 rings (SSSR count). The topological polar surface area (TPSA) is 101 Å². The second kappa shape index (κ2) is 8.63. The molecule has 3 N–H and O–H groups in total. The maximum atomic E-state index is 12.4. The van der Waals surface area contributed by atoms with Crippen LogP contribution in [0.1, 0.15) is 12.0 Å². The fourth-order valence-corrected chi connectivity index (χ4v) is 5.07. The van der Waals surface area contributed by atoms with Crippen molar-refractivity contribution in [1.82, 2.24) is 19.6 Å². The Bertz CT molecular complexity index is 1180. The maximum absolute atomic E-state index is 12.4. The number of para-hydroxylation sites is 1. The third kappa shape index (κ3) is 4.58. The molecule has 1 saturated heterocycles. The fourth-order valence-electron chi connectivity index (χ4n) is 3.89. The first-order chi connectivity index (χ1) is 14.4. The summed E-state index contributed by atoms with van der Waals surface area (Å²) < 4.78 is 27.5. The van der Waals surface area contributed by atoms with Gasteiger partial charge in [-0.1, -0.05) is 18.2 Å². The Balaban J connectivity index is 1.26. The highest BCUT2D eigenvalue weighted by molar-refractivity contribution is 7.89. The number of nitrogens with one attached hydrogen (secondary N) is 3. The van der Waals surface area contributed by atoms with Crippen LogP contribution < -0.4 is 15.3 Å². The number of hydrogen-bond donors (Lipinski definition) is 3. The minimum Gasteiger partial charge on any atom is -0.367 e. The molecule has 9 heteroatoms. The molecular weight excluding hydrogens is 402 g/mol. The van der Waals surface area contributed by atoms with Crippen molar-refractivity contribution in [3.8, 4) is 0 Å². The van der Waals surface area contributed by atoms with E-state index in [1.54, 1.807) is 18.2 Å². The molecule has 0 atom stereocenters. The van der Waals surface area contributed by atoms with E-state index in [1.807, 2.05) is 31.2 Å². The van der Waals surface area contributed by atoms with Crippen LogP contribution in [0.25, 0.3) is 11.0 Å². The van der Waals surface area contributed by atoms with E-state index in [0.29, 0.717) is 11.4 Å². The van der Waals surface area contributed by atoms with Crippen LogP contribution >= 0.6 is 0 Å². The van der Waals surface area contributed by atoms with Crippen LogP contribution in [0.5, 0.6) is 0 Å². The van der Waals surface area contributed by atoms with Gasteiger partial charge in [-0.25, -0.2) is 17.9 Å². The highest BCUT2D eigenvalue weighted by Crippen LogP contribution is 2.24. The van der Waals surface area contributed by atoms with Gasteiger partial charge in [0.2, 0.25) is 10.0 Å². The SMILES string of the molecule is Cc1cccc(S(=O)(=O)NCCCN2CCN(c3cccc4[nH]c(=O)[nH]c34)CC2)c1. The molecule has 1 aromatic heterocycles. The maximum Gasteiger partial charge on any atom is 0.323 e. The number of benzene rings is 2. The molecule has 0 spiro atoms. The fraction of sp³-hybridized carbons (Fsp3) is 0.381. The van der Waals surface area contributed by atoms with Crippen LogP contribution in [0.3, 0.4) is 0 Å². The van der Waals surface area contributed by atoms with Gasteiger partial charge < -0.3 is 14.9 Å². The highest BCUT2D eigenvalue weighted by Gasteiger charge is 2.19. The Morgan fingerprint density at radius 2 is 1.80 bits per heavy atom. The summed E-state index contributed by atoms with van der Waals surface area (Å²) in [5.74, 6) is 0. The van der Waals surface area contributed by atoms with Gasteiger partial charge in [0.15, 0.2) is 0 Å². The number of anilines is 1. The van der Waals surface area contributed by atoms with E-state index in [1.165, 1.54) is 0 Å². The molecule has 2 heterocycles. The standard InChI is InChI=1S/C21H27N5O3S/c1-16-5-2-6-17(15-16)30(28,29)22-9-4-10-25-11-13-26(14-12-25)19-8-3-7-18-20(19)24-21(27)23-18/h2-3,5-8,15,22H,4,9-14H2,1H3,(H2,23,24,27). The Morgan fingerprint density at radius 1 is 1.03 bits per heavy atom. The van der Waals surface area contributed by atoms with Crippen LogP contribution in [0.15, 0.2) is 52.2 Å². The minimum absolute atomic E-state index is 0.191. The van der Waals surface area contributed by atoms with E-state index in [-0.39, 0.29) is 5.69 Å². The molecule has 3 aromatic rings. The number of aromatic amines is 2. The largest absolute Gasteiger partial charge is 0.367 e. The molecule has 1 aliphatic rings. The van der Waals surface area contributed by atoms with Gasteiger partial charge in [-0.15, -0.1) is 0 Å². The van der Waals surface area contributed by atoms with E-state index >= 15 is 0 Å². The Kier molecular flexibility index (Phi) is 5.94. The van der Waals surface area contributed by atoms with Gasteiger partial charge >= 0.3 is 5.69 Å². The van der Waals surface area contributed by atoms with Crippen molar-refractivity contribution in [3.63, 3.8) is 0 Å². The van der Waals surface area contributed by atoms with Gasteiger partial charge in [-0.3, -0.25) is 4.90 Å². The molecule has 160 valence electrons. The minimum atomic E-state index is -3.46. The number of rotatable bonds is 7. The number of nitrogens with zero attached hydrogens (tertiary/aromatic N) is 2. The molecule has 30 heavy (non-hydrogen) atoms. The Hall–Kier alpha value is -2.62. The van der Waals surface area contributed by atoms with Crippen molar-refractivity contribution in [2.75, 3.05) is 44.2 Å². The Labute approximate surface area is 176 Å². The number of fused-ring (bicyclic) bond motifs is 1. The summed E-state index contributed by atoms with van der Waals surface area (Å²) in [7, 11) is -3.46. The molecule has 1 aliphatic heterocycles. The molecule has 0 saturated carbocycles. The molecule has 0 aliphatic carbocycles. The first-order valence-corrected chi connectivity index (χ1v) is 11.7. The lowest BCUT2D eigenvalue weighted by Gasteiger charge is -2.36. The van der Waals surface area contributed by atoms with Crippen molar-refractivity contribution >= 4 is 26.7 Å². The average Bonchev–Trinajstić information content (AvgIpc) is 3.12. The molecule has 0 unspecified atom stereocenters. The van der Waals surface area contributed by atoms with E-state index in [0.717, 1.165) is 61.4 Å². The van der Waals surface area contributed by atoms with Crippen LogP contribution in [-0.4, -0.2) is 62.6 Å². The van der Waals surface area contributed by atoms with Crippen LogP contribution in [0.2, 0.25) is 0 Å². The summed E-state index contributed by atoms with van der Waals surface area (Å²) in [5, 5.41) is 0. The number of sulfonamides is 1. The summed E-state index contributed by atoms with van der Waals surface area (Å²) in [5.41, 5.74) is 3.44. The van der Waals surface area contributed by atoms with Crippen LogP contribution in [0.4, 0.5) is 5.69 Å². The molecule has 1 fully saturated rings. The third-order valence-corrected chi connectivity index (χ3v) is 6.94. The molecule has 0 radical (unpaired) electrons. The quantitative estimate of drug-likeness (QED) is 0.496. The number of aryl methyl sites for hydroxylation is 1. The highest BCUT2D eigenvalue weighted by atomic mass is 32.2. The number of hydrogen-bond acceptors (Lipinski definition) is 5. The molecular formula is C21H27N5O3S. The van der Waals surface area contributed by atoms with Gasteiger partial charge in [0.05, 0.1) is 21.6 Å². The van der Waals surface area contributed by atoms with Gasteiger partial charge in [0.25, 0.3) is 0 Å². The predicted octanol–water partition coefficient (Wildman–Crippen LogP) is 1.66. The smallest absolute Gasteiger partial charge is 0.323 e. The zero-order valence-corrected chi connectivity index (χ0v) is 17.8. The Morgan fingerprint density at radius 3 is 2.57 bits per heavy atom. The van der Waals surface area contributed by atoms with Gasteiger partial charge in [-0.2, -0.15) is 0 Å². The lowest BCUT2D eigenvalue weighted by Crippen LogP contribution is -2.47. The molecule has 2 aromatic carbocycles. The van der Waals surface area contributed by atoms with Crippen LogP contribution in [-0.2, 0) is 10.0 Å². The van der Waals surface area contributed by atoms with Gasteiger partial charge in [0, 0.05) is 32.7 Å². The van der Waals surface area contributed by atoms with Crippen LogP contribution in [0, 0.1) is 6.92 Å². The molecule has 0 bridgehead atoms. The summed E-state index contributed by atoms with van der Waals surface area (Å²) in [6.07, 6.45) is 0.756. The van der Waals surface area contributed by atoms with E-state index in [9.17, 15) is 13.2 Å². The number of H-pyrrole nitrogens is 2. The zero-order chi connectivity index (χ0) is 21.1. The van der Waals surface area contributed by atoms with Crippen molar-refractivity contribution < 1.29 is 8.42 Å². The first-order valence-electron chi connectivity index (χ1n) is 10.2. The van der Waals surface area contributed by atoms with Gasteiger partial charge in [0.1, 0.15) is 0 Å². The van der Waals surface area contributed by atoms with Crippen molar-refractivity contribution in [1.29, 1.82) is 0 Å². The lowest BCUT2D eigenvalue weighted by molar-refractivity contribution is 0.255. The van der Waals surface area contributed by atoms with E-state index in [4.69, 9.17) is 0 Å². The molecule has 0 amide bonds. The van der Waals surface area contributed by atoms with Crippen molar-refractivity contribution in [2.24, 2.45) is 0 Å². The second-order valence-corrected chi connectivity index (χ2v) is 9.44. The summed E-state index contributed by atoms with van der Waals surface area (Å²) >= 11 is 0. The number of aromatic nitrogens is 2. The van der Waals surface area contributed by atoms with Crippen molar-refractivity contribution in [2.45, 2.75) is 18.2 Å².